The van der Waals surface area contributed by atoms with Gasteiger partial charge >= 0.3 is 5.97 Å². The number of rotatable bonds is 9. The molecule has 0 atom stereocenters. The molecule has 0 radical (unpaired) electrons. The van der Waals surface area contributed by atoms with Crippen LogP contribution in [0, 0.1) is 0 Å². The Balaban J connectivity index is 1.77. The van der Waals surface area contributed by atoms with Gasteiger partial charge in [-0.15, -0.1) is 0 Å². The molecular weight excluding hydrogens is 352 g/mol. The number of esters is 1. The van der Waals surface area contributed by atoms with E-state index in [9.17, 15) is 9.59 Å². The Morgan fingerprint density at radius 2 is 1.67 bits per heavy atom. The lowest BCUT2D eigenvalue weighted by atomic mass is 10.2. The molecule has 1 N–H and O–H groups in total. The van der Waals surface area contributed by atoms with Gasteiger partial charge in [0.05, 0.1) is 20.4 Å². The molecule has 0 fully saturated rings. The maximum Gasteiger partial charge on any atom is 0.343 e. The highest BCUT2D eigenvalue weighted by atomic mass is 16.6. The SMILES string of the molecule is COC(=O)COc1ccc(C=NNC(=O)COc2ccccc2OC)cc1. The first-order valence-electron chi connectivity index (χ1n) is 7.99. The summed E-state index contributed by atoms with van der Waals surface area (Å²) in [5.41, 5.74) is 3.12. The lowest BCUT2D eigenvalue weighted by Crippen LogP contribution is -2.24. The summed E-state index contributed by atoms with van der Waals surface area (Å²) in [4.78, 5) is 22.8. The fourth-order valence-corrected chi connectivity index (χ4v) is 1.94. The van der Waals surface area contributed by atoms with Gasteiger partial charge in [-0.25, -0.2) is 10.2 Å². The minimum atomic E-state index is -0.460. The number of hydrogen-bond donors (Lipinski definition) is 1. The molecule has 1 amide bonds. The first kappa shape index (κ1) is 19.8. The topological polar surface area (TPSA) is 95.5 Å². The fraction of sp³-hybridized carbons (Fsp3) is 0.211. The molecule has 8 heteroatoms. The van der Waals surface area contributed by atoms with Crippen LogP contribution in [0.4, 0.5) is 0 Å². The highest BCUT2D eigenvalue weighted by Crippen LogP contribution is 2.25. The summed E-state index contributed by atoms with van der Waals surface area (Å²) in [6, 6.07) is 13.9. The Morgan fingerprint density at radius 1 is 0.963 bits per heavy atom. The number of hydrogen-bond acceptors (Lipinski definition) is 7. The Morgan fingerprint density at radius 3 is 2.33 bits per heavy atom. The molecule has 0 unspecified atom stereocenters. The number of para-hydroxylation sites is 2. The van der Waals surface area contributed by atoms with Crippen LogP contribution in [0.2, 0.25) is 0 Å². The molecule has 0 saturated heterocycles. The van der Waals surface area contributed by atoms with Crippen LogP contribution in [0.15, 0.2) is 53.6 Å². The van der Waals surface area contributed by atoms with Crippen molar-refractivity contribution in [3.8, 4) is 17.2 Å². The van der Waals surface area contributed by atoms with Gasteiger partial charge in [-0.2, -0.15) is 5.10 Å². The predicted molar refractivity (Wildman–Crippen MR) is 98.2 cm³/mol. The molecule has 27 heavy (non-hydrogen) atoms. The minimum absolute atomic E-state index is 0.161. The molecule has 0 spiro atoms. The van der Waals surface area contributed by atoms with Gasteiger partial charge in [-0.05, 0) is 42.0 Å². The lowest BCUT2D eigenvalue weighted by molar-refractivity contribution is -0.142. The van der Waals surface area contributed by atoms with Gasteiger partial charge in [0.15, 0.2) is 24.7 Å². The summed E-state index contributed by atoms with van der Waals surface area (Å²) in [5, 5.41) is 3.86. The van der Waals surface area contributed by atoms with E-state index in [1.165, 1.54) is 20.4 Å². The van der Waals surface area contributed by atoms with Crippen molar-refractivity contribution in [1.82, 2.24) is 5.43 Å². The van der Waals surface area contributed by atoms with Crippen LogP contribution < -0.4 is 19.6 Å². The zero-order valence-corrected chi connectivity index (χ0v) is 15.0. The normalized spacial score (nSPS) is 10.3. The minimum Gasteiger partial charge on any atom is -0.493 e. The number of ether oxygens (including phenoxy) is 4. The molecule has 142 valence electrons. The van der Waals surface area contributed by atoms with E-state index >= 15 is 0 Å². The summed E-state index contributed by atoms with van der Waals surface area (Å²) < 4.78 is 20.3. The molecule has 2 rings (SSSR count). The van der Waals surface area contributed by atoms with Crippen molar-refractivity contribution in [2.24, 2.45) is 5.10 Å². The zero-order valence-electron chi connectivity index (χ0n) is 15.0. The Kier molecular flexibility index (Phi) is 7.65. The van der Waals surface area contributed by atoms with Crippen molar-refractivity contribution in [3.63, 3.8) is 0 Å². The molecule has 2 aromatic carbocycles. The van der Waals surface area contributed by atoms with Gasteiger partial charge in [-0.3, -0.25) is 4.79 Å². The molecule has 0 bridgehead atoms. The van der Waals surface area contributed by atoms with E-state index in [1.54, 1.807) is 42.5 Å². The quantitative estimate of drug-likeness (QED) is 0.410. The second-order valence-corrected chi connectivity index (χ2v) is 5.17. The first-order valence-corrected chi connectivity index (χ1v) is 7.99. The van der Waals surface area contributed by atoms with Crippen LogP contribution in [-0.4, -0.2) is 45.5 Å². The van der Waals surface area contributed by atoms with E-state index in [-0.39, 0.29) is 13.2 Å². The summed E-state index contributed by atoms with van der Waals surface area (Å²) in [6.07, 6.45) is 1.48. The summed E-state index contributed by atoms with van der Waals surface area (Å²) >= 11 is 0. The molecule has 0 heterocycles. The first-order chi connectivity index (χ1) is 13.1. The van der Waals surface area contributed by atoms with E-state index in [4.69, 9.17) is 14.2 Å². The second kappa shape index (κ2) is 10.4. The predicted octanol–water partition coefficient (Wildman–Crippen LogP) is 1.78. The zero-order chi connectivity index (χ0) is 19.5. The highest BCUT2D eigenvalue weighted by molar-refractivity contribution is 5.83. The average molecular weight is 372 g/mol. The molecule has 0 aliphatic rings. The van der Waals surface area contributed by atoms with Crippen molar-refractivity contribution < 1.29 is 28.5 Å². The van der Waals surface area contributed by atoms with Crippen LogP contribution >= 0.6 is 0 Å². The number of hydrazone groups is 1. The summed E-state index contributed by atoms with van der Waals surface area (Å²) in [6.45, 7) is -0.357. The van der Waals surface area contributed by atoms with Crippen LogP contribution in [-0.2, 0) is 14.3 Å². The second-order valence-electron chi connectivity index (χ2n) is 5.17. The number of nitrogens with zero attached hydrogens (tertiary/aromatic N) is 1. The number of carbonyl (C=O) groups excluding carboxylic acids is 2. The maximum atomic E-state index is 11.8. The molecule has 0 aliphatic carbocycles. The number of nitrogens with one attached hydrogen (secondary N) is 1. The number of carbonyl (C=O) groups is 2. The Bertz CT molecular complexity index is 789. The Labute approximate surface area is 156 Å². The van der Waals surface area contributed by atoms with Crippen LogP contribution in [0.25, 0.3) is 0 Å². The molecule has 0 saturated carbocycles. The molecular formula is C19H20N2O6. The van der Waals surface area contributed by atoms with E-state index in [0.29, 0.717) is 17.2 Å². The van der Waals surface area contributed by atoms with Gasteiger partial charge in [0.25, 0.3) is 5.91 Å². The molecule has 8 nitrogen and oxygen atoms in total. The van der Waals surface area contributed by atoms with Gasteiger partial charge in [-0.1, -0.05) is 12.1 Å². The largest absolute Gasteiger partial charge is 0.493 e. The smallest absolute Gasteiger partial charge is 0.343 e. The van der Waals surface area contributed by atoms with Crippen molar-refractivity contribution in [3.05, 3.63) is 54.1 Å². The van der Waals surface area contributed by atoms with Crippen LogP contribution in [0.1, 0.15) is 5.56 Å². The summed E-state index contributed by atoms with van der Waals surface area (Å²) in [5.74, 6) is 0.672. The molecule has 0 aliphatic heterocycles. The van der Waals surface area contributed by atoms with E-state index in [1.807, 2.05) is 6.07 Å². The number of methoxy groups -OCH3 is 2. The van der Waals surface area contributed by atoms with Crippen molar-refractivity contribution in [2.45, 2.75) is 0 Å². The Hall–Kier alpha value is -3.55. The standard InChI is InChI=1S/C19H20N2O6/c1-24-16-5-3-4-6-17(16)27-12-18(22)21-20-11-14-7-9-15(10-8-14)26-13-19(23)25-2/h3-11H,12-13H2,1-2H3,(H,21,22). The van der Waals surface area contributed by atoms with E-state index in [2.05, 4.69) is 15.3 Å². The highest BCUT2D eigenvalue weighted by Gasteiger charge is 2.06. The molecule has 2 aromatic rings. The average Bonchev–Trinajstić information content (AvgIpc) is 2.71. The monoisotopic (exact) mass is 372 g/mol. The molecule has 0 aromatic heterocycles. The van der Waals surface area contributed by atoms with Crippen molar-refractivity contribution in [1.29, 1.82) is 0 Å². The van der Waals surface area contributed by atoms with Crippen molar-refractivity contribution >= 4 is 18.1 Å². The maximum absolute atomic E-state index is 11.8. The van der Waals surface area contributed by atoms with Crippen molar-refractivity contribution in [2.75, 3.05) is 27.4 Å². The van der Waals surface area contributed by atoms with Gasteiger partial charge in [0, 0.05) is 0 Å². The third kappa shape index (κ3) is 6.69. The van der Waals surface area contributed by atoms with Gasteiger partial charge < -0.3 is 18.9 Å². The summed E-state index contributed by atoms with van der Waals surface area (Å²) in [7, 11) is 2.82. The number of benzene rings is 2. The fourth-order valence-electron chi connectivity index (χ4n) is 1.94. The van der Waals surface area contributed by atoms with E-state index in [0.717, 1.165) is 5.56 Å². The van der Waals surface area contributed by atoms with Crippen LogP contribution in [0.5, 0.6) is 17.2 Å². The lowest BCUT2D eigenvalue weighted by Gasteiger charge is -2.09. The van der Waals surface area contributed by atoms with E-state index < -0.39 is 11.9 Å². The van der Waals surface area contributed by atoms with Gasteiger partial charge in [0.1, 0.15) is 5.75 Å². The third-order valence-electron chi connectivity index (χ3n) is 3.30. The number of amides is 1. The van der Waals surface area contributed by atoms with Crippen LogP contribution in [0.3, 0.4) is 0 Å². The van der Waals surface area contributed by atoms with Gasteiger partial charge in [0.2, 0.25) is 0 Å². The third-order valence-corrected chi connectivity index (χ3v) is 3.30.